The third-order valence-electron chi connectivity index (χ3n) is 5.15. The number of hydrogen-bond acceptors (Lipinski definition) is 7. The van der Waals surface area contributed by atoms with Gasteiger partial charge >= 0.3 is 0 Å². The van der Waals surface area contributed by atoms with E-state index in [1.54, 1.807) is 19.1 Å². The SMILES string of the molecule is CC(=O)O.CC(O)c1cc([C@@H](O)CNCCCCCCOCCOCc2cccc(I)c2)ccc1O. The van der Waals surface area contributed by atoms with Crippen LogP contribution in [0.5, 0.6) is 5.75 Å². The van der Waals surface area contributed by atoms with E-state index in [4.69, 9.17) is 19.4 Å². The lowest BCUT2D eigenvalue weighted by Gasteiger charge is -2.15. The molecule has 0 aliphatic carbocycles. The molecule has 36 heavy (non-hydrogen) atoms. The summed E-state index contributed by atoms with van der Waals surface area (Å²) in [4.78, 5) is 9.00. The first-order valence-corrected chi connectivity index (χ1v) is 13.3. The average Bonchev–Trinajstić information content (AvgIpc) is 2.81. The average molecular weight is 618 g/mol. The van der Waals surface area contributed by atoms with Gasteiger partial charge in [0.1, 0.15) is 5.75 Å². The van der Waals surface area contributed by atoms with Gasteiger partial charge in [0.15, 0.2) is 0 Å². The minimum Gasteiger partial charge on any atom is -0.508 e. The number of carboxylic acids is 1. The van der Waals surface area contributed by atoms with Crippen molar-refractivity contribution in [2.24, 2.45) is 0 Å². The molecule has 0 radical (unpaired) electrons. The molecule has 0 spiro atoms. The van der Waals surface area contributed by atoms with Crippen molar-refractivity contribution in [3.05, 3.63) is 62.7 Å². The maximum atomic E-state index is 10.3. The summed E-state index contributed by atoms with van der Waals surface area (Å²) in [7, 11) is 0. The highest BCUT2D eigenvalue weighted by molar-refractivity contribution is 14.1. The smallest absolute Gasteiger partial charge is 0.300 e. The number of carboxylic acid groups (broad SMARTS) is 1. The van der Waals surface area contributed by atoms with Gasteiger partial charge in [-0.2, -0.15) is 0 Å². The molecule has 2 aromatic carbocycles. The van der Waals surface area contributed by atoms with Crippen molar-refractivity contribution < 1.29 is 34.7 Å². The van der Waals surface area contributed by atoms with E-state index in [0.717, 1.165) is 45.8 Å². The number of aliphatic hydroxyl groups excluding tert-OH is 2. The number of nitrogens with one attached hydrogen (secondary N) is 1. The van der Waals surface area contributed by atoms with E-state index >= 15 is 0 Å². The van der Waals surface area contributed by atoms with Crippen LogP contribution in [0.3, 0.4) is 0 Å². The van der Waals surface area contributed by atoms with Crippen LogP contribution in [0, 0.1) is 3.57 Å². The Morgan fingerprint density at radius 2 is 1.69 bits per heavy atom. The third kappa shape index (κ3) is 15.4. The van der Waals surface area contributed by atoms with E-state index in [9.17, 15) is 15.3 Å². The number of rotatable bonds is 16. The molecule has 0 bridgehead atoms. The van der Waals surface area contributed by atoms with Crippen LogP contribution in [-0.4, -0.2) is 59.3 Å². The van der Waals surface area contributed by atoms with Gasteiger partial charge in [-0.25, -0.2) is 0 Å². The Kier molecular flexibility index (Phi) is 17.4. The molecule has 8 nitrogen and oxygen atoms in total. The van der Waals surface area contributed by atoms with Crippen LogP contribution in [0.2, 0.25) is 0 Å². The van der Waals surface area contributed by atoms with Crippen molar-refractivity contribution in [3.63, 3.8) is 0 Å². The zero-order valence-corrected chi connectivity index (χ0v) is 23.3. The lowest BCUT2D eigenvalue weighted by Crippen LogP contribution is -2.22. The highest BCUT2D eigenvalue weighted by Crippen LogP contribution is 2.27. The van der Waals surface area contributed by atoms with Gasteiger partial charge in [-0.3, -0.25) is 4.79 Å². The minimum atomic E-state index is -0.833. The zero-order chi connectivity index (χ0) is 26.8. The number of halogens is 1. The van der Waals surface area contributed by atoms with Crippen LogP contribution in [0.15, 0.2) is 42.5 Å². The number of aliphatic hydroxyl groups is 2. The van der Waals surface area contributed by atoms with E-state index in [1.807, 2.05) is 6.07 Å². The monoisotopic (exact) mass is 617 g/mol. The number of ether oxygens (including phenoxy) is 2. The number of aliphatic carboxylic acids is 1. The zero-order valence-electron chi connectivity index (χ0n) is 21.2. The number of carbonyl (C=O) groups is 1. The largest absolute Gasteiger partial charge is 0.508 e. The van der Waals surface area contributed by atoms with Gasteiger partial charge in [0.05, 0.1) is 32.0 Å². The Hall–Kier alpha value is -1.76. The van der Waals surface area contributed by atoms with E-state index in [1.165, 1.54) is 15.2 Å². The summed E-state index contributed by atoms with van der Waals surface area (Å²) in [6.07, 6.45) is 2.86. The Morgan fingerprint density at radius 3 is 2.39 bits per heavy atom. The second-order valence-corrected chi connectivity index (χ2v) is 9.69. The maximum Gasteiger partial charge on any atom is 0.300 e. The molecule has 0 saturated carbocycles. The number of phenols is 1. The molecule has 9 heteroatoms. The molecular weight excluding hydrogens is 577 g/mol. The summed E-state index contributed by atoms with van der Waals surface area (Å²) in [6.45, 7) is 6.56. The summed E-state index contributed by atoms with van der Waals surface area (Å²) >= 11 is 2.30. The van der Waals surface area contributed by atoms with Crippen LogP contribution >= 0.6 is 22.6 Å². The third-order valence-corrected chi connectivity index (χ3v) is 5.82. The van der Waals surface area contributed by atoms with Crippen molar-refractivity contribution in [3.8, 4) is 5.75 Å². The summed E-state index contributed by atoms with van der Waals surface area (Å²) in [5.41, 5.74) is 2.30. The van der Waals surface area contributed by atoms with Crippen LogP contribution in [0.4, 0.5) is 0 Å². The Labute approximate surface area is 227 Å². The number of hydrogen-bond donors (Lipinski definition) is 5. The summed E-state index contributed by atoms with van der Waals surface area (Å²) in [5.74, 6) is -0.789. The maximum absolute atomic E-state index is 10.3. The van der Waals surface area contributed by atoms with E-state index in [0.29, 0.717) is 37.5 Å². The second kappa shape index (κ2) is 19.4. The number of unbranched alkanes of at least 4 members (excludes halogenated alkanes) is 3. The van der Waals surface area contributed by atoms with Crippen molar-refractivity contribution in [1.29, 1.82) is 0 Å². The highest BCUT2D eigenvalue weighted by Gasteiger charge is 2.13. The molecule has 0 saturated heterocycles. The predicted octanol–water partition coefficient (Wildman–Crippen LogP) is 4.56. The topological polar surface area (TPSA) is 128 Å². The Bertz CT molecular complexity index is 875. The van der Waals surface area contributed by atoms with Gasteiger partial charge in [-0.15, -0.1) is 0 Å². The van der Waals surface area contributed by atoms with Crippen molar-refractivity contribution in [2.45, 2.75) is 58.3 Å². The van der Waals surface area contributed by atoms with Crippen molar-refractivity contribution >= 4 is 28.6 Å². The molecule has 2 atom stereocenters. The van der Waals surface area contributed by atoms with Gasteiger partial charge in [0.25, 0.3) is 5.97 Å². The van der Waals surface area contributed by atoms with Crippen molar-refractivity contribution in [1.82, 2.24) is 5.32 Å². The lowest BCUT2D eigenvalue weighted by atomic mass is 10.0. The minimum absolute atomic E-state index is 0.0439. The first-order valence-electron chi connectivity index (χ1n) is 12.2. The van der Waals surface area contributed by atoms with Crippen LogP contribution in [0.1, 0.15) is 68.4 Å². The van der Waals surface area contributed by atoms with E-state index < -0.39 is 18.2 Å². The molecule has 2 aromatic rings. The fourth-order valence-corrected chi connectivity index (χ4v) is 3.92. The summed E-state index contributed by atoms with van der Waals surface area (Å²) in [5, 5.41) is 40.4. The standard InChI is InChI=1S/C25H36INO5.C2H4O2/c1-19(28)23-16-21(9-10-24(23)29)25(30)17-27-11-4-2-3-5-12-31-13-14-32-18-20-7-6-8-22(26)15-20;1-2(3)4/h6-10,15-16,19,25,27-30H,2-5,11-14,17-18H2,1H3;1H3,(H,3,4)/t19?,25-;/m0./s1. The van der Waals surface area contributed by atoms with Crippen LogP contribution in [-0.2, 0) is 20.9 Å². The first kappa shape index (κ1) is 32.3. The first-order chi connectivity index (χ1) is 17.2. The molecule has 1 unspecified atom stereocenters. The van der Waals surface area contributed by atoms with E-state index in [2.05, 4.69) is 46.1 Å². The van der Waals surface area contributed by atoms with Crippen molar-refractivity contribution in [2.75, 3.05) is 32.9 Å². The van der Waals surface area contributed by atoms with E-state index in [-0.39, 0.29) is 5.75 Å². The molecule has 0 heterocycles. The van der Waals surface area contributed by atoms with Gasteiger partial charge in [0, 0.05) is 29.2 Å². The molecule has 202 valence electrons. The fourth-order valence-electron chi connectivity index (χ4n) is 3.32. The Morgan fingerprint density at radius 1 is 1.00 bits per heavy atom. The summed E-state index contributed by atoms with van der Waals surface area (Å²) < 4.78 is 12.5. The molecule has 2 rings (SSSR count). The Balaban J connectivity index is 0.00000150. The van der Waals surface area contributed by atoms with Gasteiger partial charge in [-0.05, 0) is 84.3 Å². The quantitative estimate of drug-likeness (QED) is 0.137. The van der Waals surface area contributed by atoms with Gasteiger partial charge < -0.3 is 35.2 Å². The molecule has 0 aliphatic rings. The predicted molar refractivity (Wildman–Crippen MR) is 148 cm³/mol. The van der Waals surface area contributed by atoms with Crippen LogP contribution in [0.25, 0.3) is 0 Å². The van der Waals surface area contributed by atoms with Crippen LogP contribution < -0.4 is 5.32 Å². The lowest BCUT2D eigenvalue weighted by molar-refractivity contribution is -0.134. The molecule has 0 amide bonds. The molecule has 0 fully saturated rings. The fraction of sp³-hybridized carbons (Fsp3) is 0.519. The number of benzene rings is 2. The molecular formula is C27H40INO7. The van der Waals surface area contributed by atoms with Gasteiger partial charge in [-0.1, -0.05) is 31.0 Å². The summed E-state index contributed by atoms with van der Waals surface area (Å²) in [6, 6.07) is 13.1. The second-order valence-electron chi connectivity index (χ2n) is 8.44. The highest BCUT2D eigenvalue weighted by atomic mass is 127. The van der Waals surface area contributed by atoms with Gasteiger partial charge in [0.2, 0.25) is 0 Å². The molecule has 0 aliphatic heterocycles. The number of phenolic OH excluding ortho intramolecular Hbond substituents is 1. The normalized spacial score (nSPS) is 12.5. The number of aromatic hydroxyl groups is 1. The molecule has 5 N–H and O–H groups in total. The molecule has 0 aromatic heterocycles.